The second-order valence-electron chi connectivity index (χ2n) is 25.0. The third-order valence-electron chi connectivity index (χ3n) is 16.7. The summed E-state index contributed by atoms with van der Waals surface area (Å²) in [5, 5.41) is 9.72. The zero-order chi connectivity index (χ0) is 60.5. The molecule has 1 atom stereocenters. The molecule has 0 aromatic heterocycles. The van der Waals surface area contributed by atoms with Gasteiger partial charge < -0.3 is 14.6 Å². The predicted molar refractivity (Wildman–Crippen MR) is 371 cm³/mol. The molecule has 0 aliphatic heterocycles. The Morgan fingerprint density at radius 2 is 0.512 bits per heavy atom. The summed E-state index contributed by atoms with van der Waals surface area (Å²) in [5.41, 5.74) is 0. The second kappa shape index (κ2) is 74.3. The molecular weight excluding hydrogens is 1030 g/mol. The van der Waals surface area contributed by atoms with Crippen molar-refractivity contribution in [2.24, 2.45) is 0 Å². The molecule has 0 bridgehead atoms. The molecule has 0 saturated carbocycles. The molecule has 5 nitrogen and oxygen atoms in total. The fourth-order valence-corrected chi connectivity index (χ4v) is 11.1. The Balaban J connectivity index is 3.41. The SMILES string of the molecule is CC/C=C\C/C=C\C/C=C\C/C=C\C/C=C\C/C=C\CCCCCCCCCCCCCCCCCCC(=O)OC(CO)COC(=O)CCCCCCCCCCCCCCCCCCCCCCCCC/C=C\CCCCCCCCCC. The summed E-state index contributed by atoms with van der Waals surface area (Å²) in [6, 6.07) is 0. The van der Waals surface area contributed by atoms with Crippen molar-refractivity contribution in [3.05, 3.63) is 85.1 Å². The highest BCUT2D eigenvalue weighted by atomic mass is 16.6. The van der Waals surface area contributed by atoms with E-state index in [0.29, 0.717) is 12.8 Å². The van der Waals surface area contributed by atoms with Crippen LogP contribution < -0.4 is 0 Å². The molecule has 0 aromatic carbocycles. The molecule has 0 rings (SSSR count). The van der Waals surface area contributed by atoms with Gasteiger partial charge in [-0.05, 0) is 89.9 Å². The van der Waals surface area contributed by atoms with Crippen molar-refractivity contribution < 1.29 is 24.2 Å². The van der Waals surface area contributed by atoms with Crippen LogP contribution in [-0.4, -0.2) is 36.4 Å². The summed E-state index contributed by atoms with van der Waals surface area (Å²) < 4.78 is 10.8. The Hall–Kier alpha value is -2.92. The topological polar surface area (TPSA) is 72.8 Å². The second-order valence-corrected chi connectivity index (χ2v) is 25.0. The van der Waals surface area contributed by atoms with Crippen LogP contribution in [0.5, 0.6) is 0 Å². The highest BCUT2D eigenvalue weighted by molar-refractivity contribution is 5.70. The Labute approximate surface area is 524 Å². The maximum absolute atomic E-state index is 12.4. The lowest BCUT2D eigenvalue weighted by molar-refractivity contribution is -0.161. The normalized spacial score (nSPS) is 12.7. The molecule has 0 aliphatic rings. The van der Waals surface area contributed by atoms with Crippen LogP contribution in [0.2, 0.25) is 0 Å². The van der Waals surface area contributed by atoms with Crippen molar-refractivity contribution in [1.82, 2.24) is 0 Å². The highest BCUT2D eigenvalue weighted by Gasteiger charge is 2.16. The largest absolute Gasteiger partial charge is 0.462 e. The van der Waals surface area contributed by atoms with E-state index in [1.807, 2.05) is 0 Å². The quantitative estimate of drug-likeness (QED) is 0.0373. The van der Waals surface area contributed by atoms with Gasteiger partial charge in [-0.15, -0.1) is 0 Å². The van der Waals surface area contributed by atoms with Crippen LogP contribution >= 0.6 is 0 Å². The number of esters is 2. The van der Waals surface area contributed by atoms with E-state index in [1.165, 1.54) is 283 Å². The summed E-state index contributed by atoms with van der Waals surface area (Å²) in [6.45, 7) is 4.08. The predicted octanol–water partition coefficient (Wildman–Crippen LogP) is 26.0. The van der Waals surface area contributed by atoms with Gasteiger partial charge in [0.2, 0.25) is 0 Å². The molecule has 1 N–H and O–H groups in total. The van der Waals surface area contributed by atoms with Crippen molar-refractivity contribution in [2.45, 2.75) is 392 Å². The van der Waals surface area contributed by atoms with Gasteiger partial charge in [0.05, 0.1) is 6.61 Å². The maximum Gasteiger partial charge on any atom is 0.306 e. The first-order valence-electron chi connectivity index (χ1n) is 37.1. The molecule has 0 fully saturated rings. The van der Waals surface area contributed by atoms with Crippen LogP contribution in [0.4, 0.5) is 0 Å². The van der Waals surface area contributed by atoms with Gasteiger partial charge in [-0.3, -0.25) is 9.59 Å². The number of carbonyl (C=O) groups is 2. The zero-order valence-electron chi connectivity index (χ0n) is 56.2. The molecule has 0 heterocycles. The molecule has 0 aromatic rings. The van der Waals surface area contributed by atoms with Gasteiger partial charge in [0.15, 0.2) is 6.10 Å². The van der Waals surface area contributed by atoms with Crippen LogP contribution in [0.1, 0.15) is 386 Å². The van der Waals surface area contributed by atoms with E-state index >= 15 is 0 Å². The molecular formula is C79H142O5. The van der Waals surface area contributed by atoms with Crippen molar-refractivity contribution in [3.63, 3.8) is 0 Å². The molecule has 1 unspecified atom stereocenters. The van der Waals surface area contributed by atoms with Gasteiger partial charge in [-0.2, -0.15) is 0 Å². The van der Waals surface area contributed by atoms with Gasteiger partial charge in [0.1, 0.15) is 6.61 Å². The number of aliphatic hydroxyl groups is 1. The first kappa shape index (κ1) is 81.1. The van der Waals surface area contributed by atoms with E-state index in [2.05, 4.69) is 98.9 Å². The van der Waals surface area contributed by atoms with E-state index in [9.17, 15) is 14.7 Å². The van der Waals surface area contributed by atoms with Crippen LogP contribution in [-0.2, 0) is 19.1 Å². The smallest absolute Gasteiger partial charge is 0.306 e. The van der Waals surface area contributed by atoms with Gasteiger partial charge in [-0.25, -0.2) is 0 Å². The summed E-state index contributed by atoms with van der Waals surface area (Å²) >= 11 is 0. The lowest BCUT2D eigenvalue weighted by Gasteiger charge is -2.15. The Bertz CT molecular complexity index is 1520. The lowest BCUT2D eigenvalue weighted by atomic mass is 10.0. The van der Waals surface area contributed by atoms with Gasteiger partial charge in [0, 0.05) is 12.8 Å². The molecule has 488 valence electrons. The Kier molecular flexibility index (Phi) is 71.7. The molecule has 84 heavy (non-hydrogen) atoms. The molecule has 0 amide bonds. The van der Waals surface area contributed by atoms with E-state index in [0.717, 1.165) is 77.0 Å². The number of hydrogen-bond acceptors (Lipinski definition) is 5. The molecule has 0 aliphatic carbocycles. The molecule has 0 saturated heterocycles. The van der Waals surface area contributed by atoms with Crippen molar-refractivity contribution >= 4 is 11.9 Å². The van der Waals surface area contributed by atoms with Crippen molar-refractivity contribution in [1.29, 1.82) is 0 Å². The minimum Gasteiger partial charge on any atom is -0.462 e. The minimum absolute atomic E-state index is 0.0631. The number of rotatable bonds is 69. The third-order valence-corrected chi connectivity index (χ3v) is 16.7. The van der Waals surface area contributed by atoms with Gasteiger partial charge >= 0.3 is 11.9 Å². The average Bonchev–Trinajstić information content (AvgIpc) is 3.51. The van der Waals surface area contributed by atoms with E-state index in [4.69, 9.17) is 9.47 Å². The fraction of sp³-hybridized carbons (Fsp3) is 0.797. The first-order chi connectivity index (χ1) is 41.6. The van der Waals surface area contributed by atoms with Gasteiger partial charge in [-0.1, -0.05) is 369 Å². The number of aliphatic hydroxyl groups excluding tert-OH is 1. The average molecular weight is 1170 g/mol. The van der Waals surface area contributed by atoms with Crippen LogP contribution in [0.3, 0.4) is 0 Å². The monoisotopic (exact) mass is 1170 g/mol. The lowest BCUT2D eigenvalue weighted by Crippen LogP contribution is -2.28. The summed E-state index contributed by atoms with van der Waals surface area (Å²) in [5.74, 6) is -0.572. The molecule has 5 heteroatoms. The standard InChI is InChI=1S/C79H142O5/c1-3-5-7-9-11-13-15-17-19-21-23-25-27-29-31-33-35-37-39-41-43-45-47-49-51-53-55-57-59-61-63-65-67-69-71-73-78(81)83-76-77(75-80)84-79(82)74-72-70-68-66-64-62-60-58-56-54-52-50-48-46-44-42-40-38-36-34-32-30-28-26-24-22-20-18-16-14-12-10-8-6-4-2/h6,8,12,14,18,20-21,23-24,26,30,32,36,38,77,80H,3-5,7,9-11,13,15-17,19,22,25,27-29,31,33-35,37,39-76H2,1-2H3/b8-6-,14-12-,20-18-,23-21-,26-24-,32-30-,38-36-. The summed E-state index contributed by atoms with van der Waals surface area (Å²) in [6.07, 6.45) is 105. The zero-order valence-corrected chi connectivity index (χ0v) is 56.2. The summed E-state index contributed by atoms with van der Waals surface area (Å²) in [4.78, 5) is 24.7. The number of carbonyl (C=O) groups excluding carboxylic acids is 2. The van der Waals surface area contributed by atoms with Crippen molar-refractivity contribution in [3.8, 4) is 0 Å². The number of ether oxygens (including phenoxy) is 2. The van der Waals surface area contributed by atoms with E-state index < -0.39 is 6.10 Å². The fourth-order valence-electron chi connectivity index (χ4n) is 11.1. The van der Waals surface area contributed by atoms with Gasteiger partial charge in [0.25, 0.3) is 0 Å². The van der Waals surface area contributed by atoms with E-state index in [-0.39, 0.29) is 25.2 Å². The number of unbranched alkanes of at least 4 members (excludes halogenated alkanes) is 47. The first-order valence-corrected chi connectivity index (χ1v) is 37.1. The maximum atomic E-state index is 12.4. The van der Waals surface area contributed by atoms with Crippen LogP contribution in [0.15, 0.2) is 85.1 Å². The summed E-state index contributed by atoms with van der Waals surface area (Å²) in [7, 11) is 0. The van der Waals surface area contributed by atoms with Crippen molar-refractivity contribution in [2.75, 3.05) is 13.2 Å². The van der Waals surface area contributed by atoms with Crippen LogP contribution in [0.25, 0.3) is 0 Å². The number of allylic oxidation sites excluding steroid dienone is 14. The minimum atomic E-state index is -0.775. The van der Waals surface area contributed by atoms with E-state index in [1.54, 1.807) is 0 Å². The Morgan fingerprint density at radius 3 is 0.786 bits per heavy atom. The Morgan fingerprint density at radius 1 is 0.286 bits per heavy atom. The number of hydrogen-bond donors (Lipinski definition) is 1. The third kappa shape index (κ3) is 71.6. The highest BCUT2D eigenvalue weighted by Crippen LogP contribution is 2.19. The van der Waals surface area contributed by atoms with Crippen LogP contribution in [0, 0.1) is 0 Å². The molecule has 0 radical (unpaired) electrons. The molecule has 0 spiro atoms.